The Labute approximate surface area is 43.3 Å². The molecule has 0 saturated heterocycles. The molecule has 0 atom stereocenters. The van der Waals surface area contributed by atoms with E-state index in [-0.39, 0.29) is 6.61 Å². The maximum atomic E-state index is 8.17. The summed E-state index contributed by atoms with van der Waals surface area (Å²) in [4.78, 5) is 0. The van der Waals surface area contributed by atoms with Gasteiger partial charge in [-0.25, -0.2) is 0 Å². The number of hydrogen-bond acceptors (Lipinski definition) is 3. The molecule has 0 radical (unpaired) electrons. The molecule has 0 saturated carbocycles. The molecule has 0 bridgehead atoms. The van der Waals surface area contributed by atoms with Crippen LogP contribution in [0, 0.1) is 0 Å². The first-order valence-electron chi connectivity index (χ1n) is 2.22. The largest absolute Gasteiger partial charge is 0.395 e. The van der Waals surface area contributed by atoms with Crippen molar-refractivity contribution < 1.29 is 9.84 Å². The van der Waals surface area contributed by atoms with Gasteiger partial charge in [0.2, 0.25) is 0 Å². The summed E-state index contributed by atoms with van der Waals surface area (Å²) >= 11 is 0. The first-order valence-corrected chi connectivity index (χ1v) is 2.22. The average Bonchev–Trinajstić information content (AvgIpc) is 1.69. The van der Waals surface area contributed by atoms with Crippen LogP contribution >= 0.6 is 0 Å². The van der Waals surface area contributed by atoms with Gasteiger partial charge in [-0.3, -0.25) is 5.32 Å². The lowest BCUT2D eigenvalue weighted by Crippen LogP contribution is -2.20. The standard InChI is InChI=1S/C4H11NO2/c1-7-4-5-2-3-6/h5-6H,2-4H2,1H3. The quantitative estimate of drug-likeness (QED) is 0.362. The molecule has 44 valence electrons. The highest BCUT2D eigenvalue weighted by atomic mass is 16.5. The summed E-state index contributed by atoms with van der Waals surface area (Å²) in [5.41, 5.74) is 0. The molecule has 0 rings (SSSR count). The molecule has 0 aromatic heterocycles. The Hall–Kier alpha value is -0.120. The van der Waals surface area contributed by atoms with Gasteiger partial charge >= 0.3 is 0 Å². The molecule has 3 nitrogen and oxygen atoms in total. The summed E-state index contributed by atoms with van der Waals surface area (Å²) in [5.74, 6) is 0. The van der Waals surface area contributed by atoms with Crippen LogP contribution in [0.2, 0.25) is 0 Å². The van der Waals surface area contributed by atoms with Crippen molar-refractivity contribution in [3.63, 3.8) is 0 Å². The van der Waals surface area contributed by atoms with Gasteiger partial charge in [0.05, 0.1) is 13.3 Å². The van der Waals surface area contributed by atoms with E-state index in [9.17, 15) is 0 Å². The maximum absolute atomic E-state index is 8.17. The summed E-state index contributed by atoms with van der Waals surface area (Å²) in [6.45, 7) is 1.29. The fourth-order valence-corrected chi connectivity index (χ4v) is 0.253. The van der Waals surface area contributed by atoms with Crippen LogP contribution in [0.5, 0.6) is 0 Å². The highest BCUT2D eigenvalue weighted by Crippen LogP contribution is 1.56. The predicted molar refractivity (Wildman–Crippen MR) is 27.0 cm³/mol. The van der Waals surface area contributed by atoms with Crippen molar-refractivity contribution in [1.29, 1.82) is 0 Å². The fraction of sp³-hybridized carbons (Fsp3) is 1.00. The van der Waals surface area contributed by atoms with Crippen LogP contribution in [0.15, 0.2) is 0 Å². The molecular formula is C4H11NO2. The maximum Gasteiger partial charge on any atom is 0.0962 e. The third-order valence-corrected chi connectivity index (χ3v) is 0.535. The zero-order valence-electron chi connectivity index (χ0n) is 4.48. The topological polar surface area (TPSA) is 41.5 Å². The van der Waals surface area contributed by atoms with E-state index in [0.29, 0.717) is 13.3 Å². The van der Waals surface area contributed by atoms with Gasteiger partial charge in [0.25, 0.3) is 0 Å². The predicted octanol–water partition coefficient (Wildman–Crippen LogP) is -0.828. The number of methoxy groups -OCH3 is 1. The SMILES string of the molecule is COCNCCO. The van der Waals surface area contributed by atoms with Crippen LogP contribution in [0.4, 0.5) is 0 Å². The van der Waals surface area contributed by atoms with Gasteiger partial charge in [-0.15, -0.1) is 0 Å². The molecule has 3 heteroatoms. The van der Waals surface area contributed by atoms with Crippen molar-refractivity contribution in [3.8, 4) is 0 Å². The number of aliphatic hydroxyl groups excluding tert-OH is 1. The van der Waals surface area contributed by atoms with Crippen LogP contribution in [0.25, 0.3) is 0 Å². The van der Waals surface area contributed by atoms with Gasteiger partial charge in [0.15, 0.2) is 0 Å². The van der Waals surface area contributed by atoms with Crippen molar-refractivity contribution in [2.75, 3.05) is 27.0 Å². The Kier molecular flexibility index (Phi) is 5.78. The van der Waals surface area contributed by atoms with Crippen LogP contribution in [-0.4, -0.2) is 32.1 Å². The van der Waals surface area contributed by atoms with E-state index < -0.39 is 0 Å². The van der Waals surface area contributed by atoms with Crippen LogP contribution in [-0.2, 0) is 4.74 Å². The molecular weight excluding hydrogens is 94.0 g/mol. The van der Waals surface area contributed by atoms with Gasteiger partial charge in [-0.05, 0) is 0 Å². The van der Waals surface area contributed by atoms with Crippen molar-refractivity contribution >= 4 is 0 Å². The first-order chi connectivity index (χ1) is 3.41. The number of nitrogens with one attached hydrogen (secondary N) is 1. The molecule has 0 aromatic rings. The van der Waals surface area contributed by atoms with E-state index in [1.807, 2.05) is 0 Å². The second kappa shape index (κ2) is 5.88. The summed E-state index contributed by atoms with van der Waals surface area (Å²) < 4.78 is 4.62. The van der Waals surface area contributed by atoms with E-state index >= 15 is 0 Å². The number of hydrogen-bond donors (Lipinski definition) is 2. The van der Waals surface area contributed by atoms with Crippen LogP contribution in [0.3, 0.4) is 0 Å². The summed E-state index contributed by atoms with van der Waals surface area (Å²) in [5, 5.41) is 11.0. The van der Waals surface area contributed by atoms with Crippen molar-refractivity contribution in [2.24, 2.45) is 0 Å². The van der Waals surface area contributed by atoms with E-state index in [0.717, 1.165) is 0 Å². The molecule has 0 fully saturated rings. The molecule has 0 aliphatic heterocycles. The van der Waals surface area contributed by atoms with Gasteiger partial charge in [0.1, 0.15) is 0 Å². The van der Waals surface area contributed by atoms with E-state index in [2.05, 4.69) is 10.1 Å². The zero-order chi connectivity index (χ0) is 5.54. The first kappa shape index (κ1) is 6.88. The molecule has 0 unspecified atom stereocenters. The van der Waals surface area contributed by atoms with E-state index in [4.69, 9.17) is 5.11 Å². The third-order valence-electron chi connectivity index (χ3n) is 0.535. The summed E-state index contributed by atoms with van der Waals surface area (Å²) in [6.07, 6.45) is 0. The molecule has 0 spiro atoms. The molecule has 0 aliphatic carbocycles. The highest BCUT2D eigenvalue weighted by molar-refractivity contribution is 4.32. The van der Waals surface area contributed by atoms with Gasteiger partial charge in [-0.2, -0.15) is 0 Å². The zero-order valence-corrected chi connectivity index (χ0v) is 4.48. The van der Waals surface area contributed by atoms with Crippen LogP contribution < -0.4 is 5.32 Å². The second-order valence-corrected chi connectivity index (χ2v) is 1.16. The van der Waals surface area contributed by atoms with Crippen molar-refractivity contribution in [2.45, 2.75) is 0 Å². The normalized spacial score (nSPS) is 9.43. The Morgan fingerprint density at radius 3 is 2.86 bits per heavy atom. The molecule has 0 amide bonds. The Bertz CT molecular complexity index is 28.9. The van der Waals surface area contributed by atoms with E-state index in [1.165, 1.54) is 0 Å². The molecule has 0 aliphatic rings. The Balaban J connectivity index is 2.45. The smallest absolute Gasteiger partial charge is 0.0962 e. The van der Waals surface area contributed by atoms with Gasteiger partial charge in [-0.1, -0.05) is 0 Å². The van der Waals surface area contributed by atoms with Crippen molar-refractivity contribution in [1.82, 2.24) is 5.32 Å². The Morgan fingerprint density at radius 2 is 2.43 bits per heavy atom. The highest BCUT2D eigenvalue weighted by Gasteiger charge is 1.76. The monoisotopic (exact) mass is 105 g/mol. The lowest BCUT2D eigenvalue weighted by Gasteiger charge is -1.96. The third kappa shape index (κ3) is 5.88. The van der Waals surface area contributed by atoms with Crippen molar-refractivity contribution in [3.05, 3.63) is 0 Å². The minimum Gasteiger partial charge on any atom is -0.395 e. The minimum atomic E-state index is 0.170. The minimum absolute atomic E-state index is 0.170. The molecule has 2 N–H and O–H groups in total. The van der Waals surface area contributed by atoms with E-state index in [1.54, 1.807) is 7.11 Å². The second-order valence-electron chi connectivity index (χ2n) is 1.16. The molecule has 7 heavy (non-hydrogen) atoms. The average molecular weight is 105 g/mol. The van der Waals surface area contributed by atoms with Gasteiger partial charge < -0.3 is 9.84 Å². The molecule has 0 aromatic carbocycles. The van der Waals surface area contributed by atoms with Gasteiger partial charge in [0, 0.05) is 13.7 Å². The lowest BCUT2D eigenvalue weighted by atomic mass is 10.7. The summed E-state index contributed by atoms with van der Waals surface area (Å²) in [6, 6.07) is 0. The number of ether oxygens (including phenoxy) is 1. The fourth-order valence-electron chi connectivity index (χ4n) is 0.253. The lowest BCUT2D eigenvalue weighted by molar-refractivity contribution is 0.166. The number of rotatable bonds is 4. The van der Waals surface area contributed by atoms with Crippen LogP contribution in [0.1, 0.15) is 0 Å². The number of aliphatic hydroxyl groups is 1. The molecule has 0 heterocycles. The Morgan fingerprint density at radius 1 is 1.71 bits per heavy atom. The summed E-state index contributed by atoms with van der Waals surface area (Å²) in [7, 11) is 1.60.